The zero-order valence-corrected chi connectivity index (χ0v) is 13.5. The van der Waals surface area contributed by atoms with E-state index in [1.54, 1.807) is 0 Å². The molecule has 1 fully saturated rings. The molecule has 106 valence electrons. The summed E-state index contributed by atoms with van der Waals surface area (Å²) in [6.07, 6.45) is 0.179. The van der Waals surface area contributed by atoms with E-state index in [9.17, 15) is 0 Å². The Hall–Kier alpha value is -0.580. The van der Waals surface area contributed by atoms with Crippen LogP contribution >= 0.6 is 15.9 Å². The van der Waals surface area contributed by atoms with Crippen molar-refractivity contribution >= 4 is 15.9 Å². The van der Waals surface area contributed by atoms with E-state index < -0.39 is 0 Å². The van der Waals surface area contributed by atoms with Gasteiger partial charge in [0.15, 0.2) is 0 Å². The number of likely N-dealkylation sites (N-methyl/N-ethyl adjacent to an activating group) is 1. The third kappa shape index (κ3) is 3.94. The minimum absolute atomic E-state index is 0.179. The molecule has 0 aromatic heterocycles. The number of nitrogens with zero attached hydrogens (tertiary/aromatic N) is 1. The molecule has 19 heavy (non-hydrogen) atoms. The van der Waals surface area contributed by atoms with Crippen LogP contribution in [0.2, 0.25) is 0 Å². The van der Waals surface area contributed by atoms with Crippen molar-refractivity contribution in [2.45, 2.75) is 26.9 Å². The molecule has 1 aromatic carbocycles. The van der Waals surface area contributed by atoms with Crippen molar-refractivity contribution in [3.63, 3.8) is 0 Å². The minimum Gasteiger partial charge on any atom is -0.491 e. The van der Waals surface area contributed by atoms with E-state index in [4.69, 9.17) is 9.47 Å². The minimum atomic E-state index is 0.179. The second-order valence-electron chi connectivity index (χ2n) is 5.07. The van der Waals surface area contributed by atoms with Gasteiger partial charge in [0.2, 0.25) is 0 Å². The van der Waals surface area contributed by atoms with E-state index in [-0.39, 0.29) is 6.10 Å². The SMILES string of the molecule is CCN1CCOC(COc2cc(C)c(Br)c(C)c2)C1. The number of morpholine rings is 1. The fraction of sp³-hybridized carbons (Fsp3) is 0.600. The lowest BCUT2D eigenvalue weighted by Crippen LogP contribution is -2.44. The normalized spacial score (nSPS) is 20.5. The fourth-order valence-corrected chi connectivity index (χ4v) is 2.58. The summed E-state index contributed by atoms with van der Waals surface area (Å²) >= 11 is 3.57. The molecule has 2 rings (SSSR count). The molecule has 1 unspecified atom stereocenters. The number of ether oxygens (including phenoxy) is 2. The standard InChI is InChI=1S/C15H22BrNO2/c1-4-17-5-6-18-14(9-17)10-19-13-7-11(2)15(16)12(3)8-13/h7-8,14H,4-6,9-10H2,1-3H3. The van der Waals surface area contributed by atoms with E-state index in [0.29, 0.717) is 6.61 Å². The van der Waals surface area contributed by atoms with E-state index in [1.165, 1.54) is 11.1 Å². The Kier molecular flexibility index (Phi) is 5.25. The quantitative estimate of drug-likeness (QED) is 0.847. The van der Waals surface area contributed by atoms with Gasteiger partial charge >= 0.3 is 0 Å². The Morgan fingerprint density at radius 1 is 1.37 bits per heavy atom. The van der Waals surface area contributed by atoms with Gasteiger partial charge in [-0.25, -0.2) is 0 Å². The Morgan fingerprint density at radius 3 is 2.68 bits per heavy atom. The van der Waals surface area contributed by atoms with Gasteiger partial charge in [-0.15, -0.1) is 0 Å². The summed E-state index contributed by atoms with van der Waals surface area (Å²) in [7, 11) is 0. The lowest BCUT2D eigenvalue weighted by atomic mass is 10.1. The van der Waals surface area contributed by atoms with Crippen molar-refractivity contribution in [1.29, 1.82) is 0 Å². The highest BCUT2D eigenvalue weighted by atomic mass is 79.9. The maximum atomic E-state index is 5.88. The molecule has 0 aliphatic carbocycles. The molecule has 0 bridgehead atoms. The van der Waals surface area contributed by atoms with Crippen LogP contribution in [0, 0.1) is 13.8 Å². The molecule has 1 aliphatic heterocycles. The van der Waals surface area contributed by atoms with Crippen molar-refractivity contribution in [2.24, 2.45) is 0 Å². The molecule has 1 saturated heterocycles. The van der Waals surface area contributed by atoms with Crippen LogP contribution in [0.1, 0.15) is 18.1 Å². The van der Waals surface area contributed by atoms with Gasteiger partial charge < -0.3 is 9.47 Å². The first-order valence-corrected chi connectivity index (χ1v) is 7.63. The molecule has 0 radical (unpaired) electrons. The summed E-state index contributed by atoms with van der Waals surface area (Å²) in [5.41, 5.74) is 2.41. The van der Waals surface area contributed by atoms with E-state index in [1.807, 2.05) is 0 Å². The summed E-state index contributed by atoms with van der Waals surface area (Å²) in [5.74, 6) is 0.926. The average molecular weight is 328 g/mol. The number of hydrogen-bond acceptors (Lipinski definition) is 3. The third-order valence-corrected chi connectivity index (χ3v) is 4.77. The first kappa shape index (κ1) is 14.8. The van der Waals surface area contributed by atoms with Crippen LogP contribution in [0.25, 0.3) is 0 Å². The predicted octanol–water partition coefficient (Wildman–Crippen LogP) is 3.17. The van der Waals surface area contributed by atoms with Gasteiger partial charge in [-0.2, -0.15) is 0 Å². The highest BCUT2D eigenvalue weighted by Crippen LogP contribution is 2.26. The molecule has 1 atom stereocenters. The second-order valence-corrected chi connectivity index (χ2v) is 5.86. The molecule has 0 spiro atoms. The molecule has 0 N–H and O–H groups in total. The maximum Gasteiger partial charge on any atom is 0.120 e. The molecule has 0 saturated carbocycles. The van der Waals surface area contributed by atoms with Crippen molar-refractivity contribution < 1.29 is 9.47 Å². The number of aryl methyl sites for hydroxylation is 2. The first-order valence-electron chi connectivity index (χ1n) is 6.83. The number of benzene rings is 1. The highest BCUT2D eigenvalue weighted by Gasteiger charge is 2.19. The van der Waals surface area contributed by atoms with Crippen LogP contribution in [0.3, 0.4) is 0 Å². The van der Waals surface area contributed by atoms with Crippen LogP contribution in [0.15, 0.2) is 16.6 Å². The van der Waals surface area contributed by atoms with Crippen LogP contribution < -0.4 is 4.74 Å². The van der Waals surface area contributed by atoms with Crippen molar-refractivity contribution in [1.82, 2.24) is 4.90 Å². The molecule has 1 heterocycles. The largest absolute Gasteiger partial charge is 0.491 e. The summed E-state index contributed by atoms with van der Waals surface area (Å²) in [6.45, 7) is 10.9. The Bertz CT molecular complexity index is 413. The highest BCUT2D eigenvalue weighted by molar-refractivity contribution is 9.10. The van der Waals surface area contributed by atoms with Crippen LogP contribution in [0.5, 0.6) is 5.75 Å². The molecular weight excluding hydrogens is 306 g/mol. The monoisotopic (exact) mass is 327 g/mol. The van der Waals surface area contributed by atoms with Gasteiger partial charge in [-0.05, 0) is 43.7 Å². The van der Waals surface area contributed by atoms with E-state index in [2.05, 4.69) is 53.7 Å². The summed E-state index contributed by atoms with van der Waals surface area (Å²) in [5, 5.41) is 0. The molecule has 3 nitrogen and oxygen atoms in total. The van der Waals surface area contributed by atoms with Crippen molar-refractivity contribution in [3.05, 3.63) is 27.7 Å². The van der Waals surface area contributed by atoms with Gasteiger partial charge in [0, 0.05) is 17.6 Å². The Morgan fingerprint density at radius 2 is 2.05 bits per heavy atom. The average Bonchev–Trinajstić information content (AvgIpc) is 2.42. The zero-order chi connectivity index (χ0) is 13.8. The molecule has 4 heteroatoms. The van der Waals surface area contributed by atoms with Crippen molar-refractivity contribution in [3.8, 4) is 5.75 Å². The summed E-state index contributed by atoms with van der Waals surface area (Å²) < 4.78 is 12.8. The van der Waals surface area contributed by atoms with Gasteiger partial charge in [0.05, 0.1) is 6.61 Å². The lowest BCUT2D eigenvalue weighted by Gasteiger charge is -2.31. The second kappa shape index (κ2) is 6.73. The predicted molar refractivity (Wildman–Crippen MR) is 81.0 cm³/mol. The molecule has 1 aromatic rings. The zero-order valence-electron chi connectivity index (χ0n) is 11.9. The van der Waals surface area contributed by atoms with Crippen LogP contribution in [0.4, 0.5) is 0 Å². The van der Waals surface area contributed by atoms with Crippen LogP contribution in [-0.4, -0.2) is 43.9 Å². The molecule has 1 aliphatic rings. The summed E-state index contributed by atoms with van der Waals surface area (Å²) in [6, 6.07) is 4.13. The van der Waals surface area contributed by atoms with E-state index >= 15 is 0 Å². The van der Waals surface area contributed by atoms with Gasteiger partial charge in [-0.1, -0.05) is 22.9 Å². The third-order valence-electron chi connectivity index (χ3n) is 3.52. The van der Waals surface area contributed by atoms with Crippen molar-refractivity contribution in [2.75, 3.05) is 32.8 Å². The van der Waals surface area contributed by atoms with Crippen LogP contribution in [-0.2, 0) is 4.74 Å². The number of hydrogen-bond donors (Lipinski definition) is 0. The number of halogens is 1. The lowest BCUT2D eigenvalue weighted by molar-refractivity contribution is -0.0464. The topological polar surface area (TPSA) is 21.7 Å². The first-order chi connectivity index (χ1) is 9.10. The van der Waals surface area contributed by atoms with Gasteiger partial charge in [-0.3, -0.25) is 4.90 Å². The fourth-order valence-electron chi connectivity index (χ4n) is 2.35. The molecule has 0 amide bonds. The Balaban J connectivity index is 1.91. The van der Waals surface area contributed by atoms with Gasteiger partial charge in [0.25, 0.3) is 0 Å². The van der Waals surface area contributed by atoms with E-state index in [0.717, 1.165) is 36.5 Å². The maximum absolute atomic E-state index is 5.88. The molecular formula is C15H22BrNO2. The van der Waals surface area contributed by atoms with Gasteiger partial charge in [0.1, 0.15) is 18.5 Å². The number of rotatable bonds is 4. The Labute approximate surface area is 124 Å². The smallest absolute Gasteiger partial charge is 0.120 e. The summed E-state index contributed by atoms with van der Waals surface area (Å²) in [4.78, 5) is 2.40.